The van der Waals surface area contributed by atoms with Crippen LogP contribution in [0, 0.1) is 0 Å². The van der Waals surface area contributed by atoms with Crippen LogP contribution in [0.5, 0.6) is 5.75 Å². The highest BCUT2D eigenvalue weighted by Crippen LogP contribution is 2.51. The van der Waals surface area contributed by atoms with Gasteiger partial charge in [0.2, 0.25) is 0 Å². The summed E-state index contributed by atoms with van der Waals surface area (Å²) in [6, 6.07) is 55.9. The lowest BCUT2D eigenvalue weighted by Gasteiger charge is -2.14. The van der Waals surface area contributed by atoms with Crippen molar-refractivity contribution in [2.75, 3.05) is 7.11 Å². The van der Waals surface area contributed by atoms with Gasteiger partial charge in [0, 0.05) is 64.3 Å². The molecule has 0 N–H and O–H groups in total. The van der Waals surface area contributed by atoms with Gasteiger partial charge in [-0.2, -0.15) is 0 Å². The number of aromatic nitrogens is 3. The zero-order valence-corrected chi connectivity index (χ0v) is 29.0. The highest BCUT2D eigenvalue weighted by molar-refractivity contribution is 7.27. The molecule has 0 atom stereocenters. The number of methoxy groups -OCH3 is 1. The molecule has 0 aliphatic carbocycles. The Bertz CT molecular complexity index is 3160. The lowest BCUT2D eigenvalue weighted by molar-refractivity contribution is 0.415. The van der Waals surface area contributed by atoms with Gasteiger partial charge in [-0.3, -0.25) is 4.57 Å². The van der Waals surface area contributed by atoms with Gasteiger partial charge < -0.3 is 4.74 Å². The van der Waals surface area contributed by atoms with Crippen LogP contribution in [0.3, 0.4) is 0 Å². The maximum absolute atomic E-state index is 5.82. The van der Waals surface area contributed by atoms with Crippen molar-refractivity contribution in [3.63, 3.8) is 0 Å². The van der Waals surface area contributed by atoms with Crippen LogP contribution < -0.4 is 4.74 Å². The van der Waals surface area contributed by atoms with Gasteiger partial charge in [0.1, 0.15) is 11.6 Å². The Morgan fingerprint density at radius 2 is 1.06 bits per heavy atom. The van der Waals surface area contributed by atoms with Crippen LogP contribution in [-0.4, -0.2) is 21.6 Å². The molecule has 0 bridgehead atoms. The van der Waals surface area contributed by atoms with Gasteiger partial charge >= 0.3 is 0 Å². The summed E-state index contributed by atoms with van der Waals surface area (Å²) in [5, 5.41) is 12.2. The minimum absolute atomic E-state index is 0.688. The van der Waals surface area contributed by atoms with E-state index < -0.39 is 0 Å². The molecular formula is C47H29N3OS. The number of thiophene rings is 1. The molecule has 0 spiro atoms. The first-order valence-corrected chi connectivity index (χ1v) is 18.3. The first-order valence-electron chi connectivity index (χ1n) is 17.5. The number of fused-ring (bicyclic) bond motifs is 15. The molecule has 8 aromatic carbocycles. The Labute approximate surface area is 302 Å². The molecule has 3 aromatic heterocycles. The van der Waals surface area contributed by atoms with E-state index in [9.17, 15) is 0 Å². The van der Waals surface area contributed by atoms with E-state index in [4.69, 9.17) is 14.7 Å². The van der Waals surface area contributed by atoms with Gasteiger partial charge in [-0.05, 0) is 34.4 Å². The summed E-state index contributed by atoms with van der Waals surface area (Å²) in [5.41, 5.74) is 5.17. The second kappa shape index (κ2) is 11.2. The molecule has 0 fully saturated rings. The molecule has 5 heteroatoms. The minimum atomic E-state index is 0.688. The van der Waals surface area contributed by atoms with Gasteiger partial charge in [0.25, 0.3) is 0 Å². The second-order valence-corrected chi connectivity index (χ2v) is 14.3. The standard InChI is InChI=1S/C47H29N3OS/c1-51-30-24-25-39-37(26-30)42-43-41-33-20-10-8-18-31(33)32-19-9-11-21-34(32)44(41)50(45(43)35-22-12-13-23-36(35)46(42)52-39)40-27-38(28-14-4-2-5-15-28)48-47(49-40)29-16-6-3-7-17-29/h2-27H,1H3. The molecule has 3 heterocycles. The molecule has 0 aliphatic heterocycles. The summed E-state index contributed by atoms with van der Waals surface area (Å²) in [6.45, 7) is 0. The van der Waals surface area contributed by atoms with Crippen molar-refractivity contribution >= 4 is 85.6 Å². The molecule has 4 nitrogen and oxygen atoms in total. The second-order valence-electron chi connectivity index (χ2n) is 13.3. The highest BCUT2D eigenvalue weighted by Gasteiger charge is 2.26. The zero-order chi connectivity index (χ0) is 34.3. The Morgan fingerprint density at radius 3 is 1.77 bits per heavy atom. The van der Waals surface area contributed by atoms with Gasteiger partial charge in [0.15, 0.2) is 5.82 Å². The van der Waals surface area contributed by atoms with Crippen molar-refractivity contribution in [2.45, 2.75) is 0 Å². The largest absolute Gasteiger partial charge is 0.497 e. The van der Waals surface area contributed by atoms with Crippen molar-refractivity contribution in [3.8, 4) is 34.2 Å². The molecule has 0 radical (unpaired) electrons. The molecular weight excluding hydrogens is 655 g/mol. The van der Waals surface area contributed by atoms with Crippen molar-refractivity contribution in [2.24, 2.45) is 0 Å². The monoisotopic (exact) mass is 683 g/mol. The number of ether oxygens (including phenoxy) is 1. The number of benzene rings is 8. The van der Waals surface area contributed by atoms with Gasteiger partial charge in [-0.25, -0.2) is 9.97 Å². The predicted molar refractivity (Wildman–Crippen MR) is 219 cm³/mol. The van der Waals surface area contributed by atoms with E-state index in [1.54, 1.807) is 7.11 Å². The maximum atomic E-state index is 5.82. The van der Waals surface area contributed by atoms with Crippen molar-refractivity contribution in [1.29, 1.82) is 0 Å². The van der Waals surface area contributed by atoms with E-state index in [1.165, 1.54) is 63.3 Å². The van der Waals surface area contributed by atoms with Crippen LogP contribution in [0.15, 0.2) is 158 Å². The summed E-state index contributed by atoms with van der Waals surface area (Å²) in [5.74, 6) is 2.37. The zero-order valence-electron chi connectivity index (χ0n) is 28.2. The smallest absolute Gasteiger partial charge is 0.162 e. The molecule has 0 amide bonds. The fraction of sp³-hybridized carbons (Fsp3) is 0.0213. The van der Waals surface area contributed by atoms with Crippen molar-refractivity contribution in [1.82, 2.24) is 14.5 Å². The maximum Gasteiger partial charge on any atom is 0.162 e. The first kappa shape index (κ1) is 29.2. The third-order valence-corrected chi connectivity index (χ3v) is 11.7. The summed E-state index contributed by atoms with van der Waals surface area (Å²) in [4.78, 5) is 10.6. The SMILES string of the molecule is COc1ccc2sc3c4ccccc4c4c(c3c2c1)c1c2ccccc2c2ccccc2c1n4-c1cc(-c2ccccc2)nc(-c2ccccc2)n1. The lowest BCUT2D eigenvalue weighted by Crippen LogP contribution is -2.03. The Morgan fingerprint density at radius 1 is 0.481 bits per heavy atom. The van der Waals surface area contributed by atoms with Gasteiger partial charge in [-0.1, -0.05) is 133 Å². The van der Waals surface area contributed by atoms with Gasteiger partial charge in [-0.15, -0.1) is 11.3 Å². The third kappa shape index (κ3) is 4.14. The van der Waals surface area contributed by atoms with Crippen LogP contribution in [0.1, 0.15) is 0 Å². The van der Waals surface area contributed by atoms with Gasteiger partial charge in [0.05, 0.1) is 23.8 Å². The topological polar surface area (TPSA) is 39.9 Å². The normalized spacial score (nSPS) is 11.9. The molecule has 244 valence electrons. The summed E-state index contributed by atoms with van der Waals surface area (Å²) >= 11 is 1.86. The van der Waals surface area contributed by atoms with Crippen LogP contribution >= 0.6 is 11.3 Å². The Kier molecular flexibility index (Phi) is 6.30. The fourth-order valence-corrected chi connectivity index (χ4v) is 9.46. The molecule has 0 aliphatic rings. The van der Waals surface area contributed by atoms with Crippen LogP contribution in [0.4, 0.5) is 0 Å². The molecule has 0 unspecified atom stereocenters. The first-order chi connectivity index (χ1) is 25.8. The third-order valence-electron chi connectivity index (χ3n) is 10.5. The van der Waals surface area contributed by atoms with E-state index in [-0.39, 0.29) is 0 Å². The van der Waals surface area contributed by atoms with E-state index in [2.05, 4.69) is 138 Å². The van der Waals surface area contributed by atoms with Crippen LogP contribution in [-0.2, 0) is 0 Å². The number of rotatable bonds is 4. The molecule has 11 aromatic rings. The molecule has 0 saturated heterocycles. The van der Waals surface area contributed by atoms with Crippen molar-refractivity contribution in [3.05, 3.63) is 158 Å². The average molecular weight is 684 g/mol. The van der Waals surface area contributed by atoms with E-state index in [0.29, 0.717) is 5.82 Å². The molecule has 11 rings (SSSR count). The fourth-order valence-electron chi connectivity index (χ4n) is 8.23. The minimum Gasteiger partial charge on any atom is -0.497 e. The summed E-state index contributed by atoms with van der Waals surface area (Å²) < 4.78 is 10.8. The summed E-state index contributed by atoms with van der Waals surface area (Å²) in [7, 11) is 1.75. The number of hydrogen-bond donors (Lipinski definition) is 0. The molecule has 52 heavy (non-hydrogen) atoms. The molecule has 0 saturated carbocycles. The Balaban J connectivity index is 1.45. The Hall–Kier alpha value is -6.56. The quantitative estimate of drug-likeness (QED) is 0.173. The van der Waals surface area contributed by atoms with Crippen molar-refractivity contribution < 1.29 is 4.74 Å². The average Bonchev–Trinajstić information content (AvgIpc) is 3.78. The van der Waals surface area contributed by atoms with E-state index >= 15 is 0 Å². The van der Waals surface area contributed by atoms with E-state index in [0.717, 1.165) is 39.4 Å². The number of nitrogens with zero attached hydrogens (tertiary/aromatic N) is 3. The van der Waals surface area contributed by atoms with Crippen LogP contribution in [0.25, 0.3) is 103 Å². The number of hydrogen-bond acceptors (Lipinski definition) is 4. The summed E-state index contributed by atoms with van der Waals surface area (Å²) in [6.07, 6.45) is 0. The lowest BCUT2D eigenvalue weighted by atomic mass is 9.94. The predicted octanol–water partition coefficient (Wildman–Crippen LogP) is 12.7. The highest BCUT2D eigenvalue weighted by atomic mass is 32.1. The van der Waals surface area contributed by atoms with Crippen LogP contribution in [0.2, 0.25) is 0 Å². The van der Waals surface area contributed by atoms with E-state index in [1.807, 2.05) is 35.6 Å².